The van der Waals surface area contributed by atoms with E-state index in [9.17, 15) is 14.7 Å². The van der Waals surface area contributed by atoms with Crippen molar-refractivity contribution in [3.8, 4) is 11.5 Å². The fourth-order valence-corrected chi connectivity index (χ4v) is 4.57. The Hall–Kier alpha value is -3.77. The third-order valence-electron chi connectivity index (χ3n) is 6.29. The Morgan fingerprint density at radius 3 is 2.22 bits per heavy atom. The zero-order valence-electron chi connectivity index (χ0n) is 20.8. The number of ether oxygens (including phenoxy) is 2. The van der Waals surface area contributed by atoms with Crippen LogP contribution < -0.4 is 14.4 Å². The van der Waals surface area contributed by atoms with Gasteiger partial charge < -0.3 is 14.6 Å². The highest BCUT2D eigenvalue weighted by molar-refractivity contribution is 6.51. The van der Waals surface area contributed by atoms with Gasteiger partial charge in [0.15, 0.2) is 0 Å². The van der Waals surface area contributed by atoms with Crippen LogP contribution >= 0.6 is 11.6 Å². The molecule has 1 amide bonds. The number of hydrogen-bond donors (Lipinski definition) is 1. The summed E-state index contributed by atoms with van der Waals surface area (Å²) in [6.07, 6.45) is 0. The number of nitrogens with zero attached hydrogens (tertiary/aromatic N) is 1. The fourth-order valence-electron chi connectivity index (χ4n) is 4.32. The highest BCUT2D eigenvalue weighted by atomic mass is 35.5. The Morgan fingerprint density at radius 2 is 1.64 bits per heavy atom. The van der Waals surface area contributed by atoms with Crippen LogP contribution in [0.5, 0.6) is 11.5 Å². The molecule has 0 aliphatic carbocycles. The van der Waals surface area contributed by atoms with Gasteiger partial charge in [-0.3, -0.25) is 14.5 Å². The molecule has 3 aromatic rings. The molecule has 4 rings (SSSR count). The SMILES string of the molecule is COc1cccc(C2/C(=C(/O)c3ccc(OC)c(Cl)c3)C(=O)C(=O)N2c2ccc(C(C)(C)C)cc2)c1. The van der Waals surface area contributed by atoms with E-state index in [2.05, 4.69) is 20.8 Å². The molecule has 1 atom stereocenters. The van der Waals surface area contributed by atoms with E-state index >= 15 is 0 Å². The molecular formula is C29H28ClNO5. The number of ketones is 1. The normalized spacial score (nSPS) is 17.4. The lowest BCUT2D eigenvalue weighted by atomic mass is 9.87. The number of benzene rings is 3. The fraction of sp³-hybridized carbons (Fsp3) is 0.241. The Balaban J connectivity index is 1.92. The number of Topliss-reactive ketones (excluding diaryl/α,β-unsaturated/α-hetero) is 1. The molecule has 1 aliphatic rings. The van der Waals surface area contributed by atoms with Gasteiger partial charge >= 0.3 is 0 Å². The second-order valence-corrected chi connectivity index (χ2v) is 10.00. The molecule has 186 valence electrons. The number of methoxy groups -OCH3 is 2. The van der Waals surface area contributed by atoms with E-state index in [1.165, 1.54) is 18.1 Å². The first kappa shape index (κ1) is 25.3. The third kappa shape index (κ3) is 4.56. The lowest BCUT2D eigenvalue weighted by Gasteiger charge is -2.27. The van der Waals surface area contributed by atoms with E-state index in [4.69, 9.17) is 21.1 Å². The number of carbonyl (C=O) groups is 2. The Morgan fingerprint density at radius 1 is 0.944 bits per heavy atom. The number of anilines is 1. The second-order valence-electron chi connectivity index (χ2n) is 9.59. The number of aliphatic hydroxyl groups is 1. The van der Waals surface area contributed by atoms with Crippen LogP contribution in [-0.2, 0) is 15.0 Å². The predicted molar refractivity (Wildman–Crippen MR) is 141 cm³/mol. The molecule has 36 heavy (non-hydrogen) atoms. The lowest BCUT2D eigenvalue weighted by molar-refractivity contribution is -0.132. The molecule has 1 unspecified atom stereocenters. The van der Waals surface area contributed by atoms with E-state index in [1.807, 2.05) is 24.3 Å². The van der Waals surface area contributed by atoms with E-state index < -0.39 is 17.7 Å². The van der Waals surface area contributed by atoms with Crippen LogP contribution in [0.25, 0.3) is 5.76 Å². The number of carbonyl (C=O) groups excluding carboxylic acids is 2. The largest absolute Gasteiger partial charge is 0.507 e. The number of aliphatic hydroxyl groups excluding tert-OH is 1. The highest BCUT2D eigenvalue weighted by Gasteiger charge is 2.47. The van der Waals surface area contributed by atoms with Crippen molar-refractivity contribution in [2.45, 2.75) is 32.2 Å². The summed E-state index contributed by atoms with van der Waals surface area (Å²) < 4.78 is 10.6. The molecule has 0 bridgehead atoms. The number of hydrogen-bond acceptors (Lipinski definition) is 5. The summed E-state index contributed by atoms with van der Waals surface area (Å²) in [5.41, 5.74) is 2.45. The molecule has 1 fully saturated rings. The minimum absolute atomic E-state index is 0.0330. The number of rotatable bonds is 5. The summed E-state index contributed by atoms with van der Waals surface area (Å²) >= 11 is 6.28. The molecule has 0 saturated carbocycles. The van der Waals surface area contributed by atoms with Crippen LogP contribution in [-0.4, -0.2) is 31.0 Å². The van der Waals surface area contributed by atoms with Crippen molar-refractivity contribution in [1.29, 1.82) is 0 Å². The van der Waals surface area contributed by atoms with Gasteiger partial charge in [-0.1, -0.05) is 56.6 Å². The maximum absolute atomic E-state index is 13.4. The summed E-state index contributed by atoms with van der Waals surface area (Å²) in [4.78, 5) is 28.2. The van der Waals surface area contributed by atoms with Gasteiger partial charge in [0.05, 0.1) is 30.9 Å². The van der Waals surface area contributed by atoms with Crippen LogP contribution in [0.4, 0.5) is 5.69 Å². The first-order valence-corrected chi connectivity index (χ1v) is 11.8. The van der Waals surface area contributed by atoms with Crippen molar-refractivity contribution in [2.24, 2.45) is 0 Å². The van der Waals surface area contributed by atoms with Crippen LogP contribution in [0, 0.1) is 0 Å². The van der Waals surface area contributed by atoms with Crippen molar-refractivity contribution < 1.29 is 24.2 Å². The summed E-state index contributed by atoms with van der Waals surface area (Å²) in [5, 5.41) is 11.6. The zero-order chi connectivity index (χ0) is 26.2. The zero-order valence-corrected chi connectivity index (χ0v) is 21.6. The van der Waals surface area contributed by atoms with Gasteiger partial charge in [-0.15, -0.1) is 0 Å². The summed E-state index contributed by atoms with van der Waals surface area (Å²) in [7, 11) is 3.03. The maximum atomic E-state index is 13.4. The minimum Gasteiger partial charge on any atom is -0.507 e. The molecule has 1 heterocycles. The van der Waals surface area contributed by atoms with Crippen molar-refractivity contribution in [1.82, 2.24) is 0 Å². The second kappa shape index (κ2) is 9.70. The highest BCUT2D eigenvalue weighted by Crippen LogP contribution is 2.43. The molecule has 0 spiro atoms. The van der Waals surface area contributed by atoms with Crippen molar-refractivity contribution in [3.05, 3.63) is 94.0 Å². The van der Waals surface area contributed by atoms with Gasteiger partial charge in [0.1, 0.15) is 17.3 Å². The van der Waals surface area contributed by atoms with E-state index in [0.717, 1.165) is 5.56 Å². The molecule has 1 aliphatic heterocycles. The van der Waals surface area contributed by atoms with Crippen molar-refractivity contribution >= 4 is 34.7 Å². The van der Waals surface area contributed by atoms with Gasteiger partial charge in [-0.25, -0.2) is 0 Å². The maximum Gasteiger partial charge on any atom is 0.300 e. The molecule has 0 aromatic heterocycles. The van der Waals surface area contributed by atoms with E-state index in [1.54, 1.807) is 43.5 Å². The van der Waals surface area contributed by atoms with Gasteiger partial charge in [0, 0.05) is 11.3 Å². The standard InChI is InChI=1S/C29H28ClNO5/c1-29(2,3)19-10-12-20(13-11-19)31-25(17-7-6-8-21(15-17)35-4)24(27(33)28(31)34)26(32)18-9-14-23(36-5)22(30)16-18/h6-16,25,32H,1-5H3/b26-24-. The Kier molecular flexibility index (Phi) is 6.83. The topological polar surface area (TPSA) is 76.1 Å². The minimum atomic E-state index is -0.874. The predicted octanol–water partition coefficient (Wildman–Crippen LogP) is 6.28. The quantitative estimate of drug-likeness (QED) is 0.251. The third-order valence-corrected chi connectivity index (χ3v) is 6.59. The van der Waals surface area contributed by atoms with Crippen molar-refractivity contribution in [3.63, 3.8) is 0 Å². The molecule has 0 radical (unpaired) electrons. The van der Waals surface area contributed by atoms with Crippen LogP contribution in [0.2, 0.25) is 5.02 Å². The average Bonchev–Trinajstić information content (AvgIpc) is 3.13. The summed E-state index contributed by atoms with van der Waals surface area (Å²) in [5.74, 6) is -0.843. The van der Waals surface area contributed by atoms with Gasteiger partial charge in [0.25, 0.3) is 11.7 Å². The molecule has 3 aromatic carbocycles. The number of halogens is 1. The van der Waals surface area contributed by atoms with Gasteiger partial charge in [-0.05, 0) is 59.0 Å². The van der Waals surface area contributed by atoms with E-state index in [-0.39, 0.29) is 21.8 Å². The Labute approximate surface area is 215 Å². The van der Waals surface area contributed by atoms with Gasteiger partial charge in [0.2, 0.25) is 0 Å². The van der Waals surface area contributed by atoms with Crippen LogP contribution in [0.15, 0.2) is 72.3 Å². The average molecular weight is 506 g/mol. The Bertz CT molecular complexity index is 1350. The molecule has 1 saturated heterocycles. The smallest absolute Gasteiger partial charge is 0.300 e. The molecule has 6 nitrogen and oxygen atoms in total. The molecule has 1 N–H and O–H groups in total. The van der Waals surface area contributed by atoms with Crippen LogP contribution in [0.3, 0.4) is 0 Å². The first-order valence-electron chi connectivity index (χ1n) is 11.5. The summed E-state index contributed by atoms with van der Waals surface area (Å²) in [6, 6.07) is 18.5. The van der Waals surface area contributed by atoms with Gasteiger partial charge in [-0.2, -0.15) is 0 Å². The molecule has 7 heteroatoms. The molecular weight excluding hydrogens is 478 g/mol. The first-order chi connectivity index (χ1) is 17.1. The number of amides is 1. The monoisotopic (exact) mass is 505 g/mol. The van der Waals surface area contributed by atoms with Crippen molar-refractivity contribution in [2.75, 3.05) is 19.1 Å². The lowest BCUT2D eigenvalue weighted by Crippen LogP contribution is -2.29. The van der Waals surface area contributed by atoms with Crippen LogP contribution in [0.1, 0.15) is 43.5 Å². The summed E-state index contributed by atoms with van der Waals surface area (Å²) in [6.45, 7) is 6.30. The van der Waals surface area contributed by atoms with E-state index in [0.29, 0.717) is 28.3 Å².